The van der Waals surface area contributed by atoms with Gasteiger partial charge in [0.05, 0.1) is 29.2 Å². The van der Waals surface area contributed by atoms with Crippen LogP contribution in [-0.2, 0) is 16.6 Å². The summed E-state index contributed by atoms with van der Waals surface area (Å²) in [6, 6.07) is 7.15. The second kappa shape index (κ2) is 7.72. The number of aliphatic hydroxyl groups excluding tert-OH is 1. The van der Waals surface area contributed by atoms with Crippen LogP contribution in [-0.4, -0.2) is 45.0 Å². The number of aliphatic hydroxyl groups is 1. The summed E-state index contributed by atoms with van der Waals surface area (Å²) in [5, 5.41) is 15.2. The molecule has 0 spiro atoms. The number of aryl methyl sites for hydroxylation is 1. The van der Waals surface area contributed by atoms with E-state index >= 15 is 0 Å². The first-order valence-electron chi connectivity index (χ1n) is 10.4. The van der Waals surface area contributed by atoms with E-state index in [-0.39, 0.29) is 17.4 Å². The first-order chi connectivity index (χ1) is 15.4. The zero-order valence-corrected chi connectivity index (χ0v) is 17.6. The van der Waals surface area contributed by atoms with Gasteiger partial charge in [0.1, 0.15) is 12.0 Å². The average molecular weight is 436 g/mol. The third kappa shape index (κ3) is 3.38. The van der Waals surface area contributed by atoms with Gasteiger partial charge in [0.2, 0.25) is 11.8 Å². The molecule has 4 heterocycles. The molecule has 5 rings (SSSR count). The molecule has 1 fully saturated rings. The Labute approximate surface area is 183 Å². The lowest BCUT2D eigenvalue weighted by Crippen LogP contribution is -2.38. The average Bonchev–Trinajstić information content (AvgIpc) is 3.37. The molecule has 1 saturated heterocycles. The minimum atomic E-state index is -0.733. The van der Waals surface area contributed by atoms with E-state index in [0.717, 1.165) is 22.3 Å². The fourth-order valence-corrected chi connectivity index (χ4v) is 4.38. The Hall–Kier alpha value is -3.79. The van der Waals surface area contributed by atoms with Crippen LogP contribution in [0.4, 0.5) is 11.4 Å². The number of rotatable bonds is 4. The molecule has 0 saturated carbocycles. The molecule has 0 aliphatic carbocycles. The van der Waals surface area contributed by atoms with Crippen molar-refractivity contribution in [3.8, 4) is 0 Å². The number of aromatic nitrogens is 3. The zero-order chi connectivity index (χ0) is 22.4. The highest BCUT2D eigenvalue weighted by Gasteiger charge is 2.36. The maximum atomic E-state index is 12.3. The van der Waals surface area contributed by atoms with Gasteiger partial charge in [-0.05, 0) is 31.0 Å². The molecule has 2 aromatic heterocycles. The Morgan fingerprint density at radius 2 is 2.03 bits per heavy atom. The van der Waals surface area contributed by atoms with Crippen LogP contribution in [0.1, 0.15) is 24.6 Å². The monoisotopic (exact) mass is 436 g/mol. The number of nitrogens with zero attached hydrogens (tertiary/aromatic N) is 4. The van der Waals surface area contributed by atoms with Gasteiger partial charge in [-0.2, -0.15) is 5.10 Å². The number of fused-ring (bicyclic) bond motifs is 1. The summed E-state index contributed by atoms with van der Waals surface area (Å²) in [7, 11) is 1.87. The summed E-state index contributed by atoms with van der Waals surface area (Å²) in [6.45, 7) is 1.33. The Morgan fingerprint density at radius 1 is 1.25 bits per heavy atom. The minimum absolute atomic E-state index is 0.191. The molecule has 2 aliphatic heterocycles. The quantitative estimate of drug-likeness (QED) is 0.558. The van der Waals surface area contributed by atoms with Gasteiger partial charge in [-0.3, -0.25) is 19.2 Å². The van der Waals surface area contributed by atoms with Crippen molar-refractivity contribution in [1.82, 2.24) is 14.8 Å². The second-order valence-corrected chi connectivity index (χ2v) is 8.10. The number of carbonyl (C=O) groups excluding carboxylic acids is 1. The first kappa shape index (κ1) is 20.1. The van der Waals surface area contributed by atoms with Crippen molar-refractivity contribution < 1.29 is 14.6 Å². The fraction of sp³-hybridized carbons (Fsp3) is 0.318. The van der Waals surface area contributed by atoms with E-state index < -0.39 is 12.1 Å². The van der Waals surface area contributed by atoms with Crippen molar-refractivity contribution in [2.75, 3.05) is 22.9 Å². The van der Waals surface area contributed by atoms with Crippen molar-refractivity contribution in [2.24, 2.45) is 12.8 Å². The third-order valence-corrected chi connectivity index (χ3v) is 6.05. The highest BCUT2D eigenvalue weighted by Crippen LogP contribution is 2.44. The lowest BCUT2D eigenvalue weighted by atomic mass is 10.0. The molecule has 2 aliphatic rings. The van der Waals surface area contributed by atoms with Crippen LogP contribution in [0.25, 0.3) is 10.9 Å². The lowest BCUT2D eigenvalue weighted by molar-refractivity contribution is -0.114. The van der Waals surface area contributed by atoms with Crippen molar-refractivity contribution >= 4 is 28.2 Å². The van der Waals surface area contributed by atoms with E-state index in [2.05, 4.69) is 15.0 Å². The number of pyridine rings is 1. The summed E-state index contributed by atoms with van der Waals surface area (Å²) < 4.78 is 7.64. The number of carbonyl (C=O) groups is 1. The number of aromatic amines is 1. The van der Waals surface area contributed by atoms with E-state index in [1.54, 1.807) is 28.0 Å². The van der Waals surface area contributed by atoms with Crippen molar-refractivity contribution in [3.05, 3.63) is 64.5 Å². The molecule has 1 aromatic carbocycles. The standard InChI is InChI=1S/C22H24N6O4/c1-26-16-10-17(27-6-3-15(29)4-7-27)18(8-14(16)11-25-26)28-19(21(23)31)12-32-22(28)13-2-5-24-20(30)9-13/h2,5,8-12,15,22,29H,3-4,6-7H2,1H3,(H2,23,31)(H,24,30). The van der Waals surface area contributed by atoms with Gasteiger partial charge < -0.3 is 25.5 Å². The molecule has 32 heavy (non-hydrogen) atoms. The lowest BCUT2D eigenvalue weighted by Gasteiger charge is -2.36. The maximum Gasteiger partial charge on any atom is 0.268 e. The van der Waals surface area contributed by atoms with Crippen molar-refractivity contribution in [3.63, 3.8) is 0 Å². The number of H-pyrrole nitrogens is 1. The number of nitrogens with two attached hydrogens (primary N) is 1. The molecule has 1 amide bonds. The van der Waals surface area contributed by atoms with Gasteiger partial charge >= 0.3 is 0 Å². The van der Waals surface area contributed by atoms with E-state index in [4.69, 9.17) is 10.5 Å². The summed E-state index contributed by atoms with van der Waals surface area (Å²) in [5.41, 5.74) is 8.74. The second-order valence-electron chi connectivity index (χ2n) is 8.10. The number of piperidine rings is 1. The van der Waals surface area contributed by atoms with Gasteiger partial charge in [0.15, 0.2) is 0 Å². The molecule has 10 nitrogen and oxygen atoms in total. The largest absolute Gasteiger partial charge is 0.471 e. The summed E-state index contributed by atoms with van der Waals surface area (Å²) in [6.07, 6.45) is 4.88. The van der Waals surface area contributed by atoms with Gasteiger partial charge in [-0.15, -0.1) is 0 Å². The number of nitrogens with one attached hydrogen (secondary N) is 1. The van der Waals surface area contributed by atoms with E-state index in [9.17, 15) is 14.7 Å². The topological polar surface area (TPSA) is 130 Å². The summed E-state index contributed by atoms with van der Waals surface area (Å²) in [5.74, 6) is -0.636. The molecule has 1 atom stereocenters. The normalized spacial score (nSPS) is 19.3. The molecule has 0 bridgehead atoms. The van der Waals surface area contributed by atoms with Crippen molar-refractivity contribution in [1.29, 1.82) is 0 Å². The number of anilines is 2. The van der Waals surface area contributed by atoms with Crippen LogP contribution >= 0.6 is 0 Å². The van der Waals surface area contributed by atoms with Crippen LogP contribution in [0.5, 0.6) is 0 Å². The predicted octanol–water partition coefficient (Wildman–Crippen LogP) is 1.08. The SMILES string of the molecule is Cn1ncc2cc(N3C(C(N)=O)=COC3c3cc[nH]c(=O)c3)c(N3CCC(O)CC3)cc21. The van der Waals surface area contributed by atoms with E-state index in [0.29, 0.717) is 31.5 Å². The molecule has 166 valence electrons. The highest BCUT2D eigenvalue weighted by molar-refractivity contribution is 6.00. The molecule has 1 unspecified atom stereocenters. The van der Waals surface area contributed by atoms with Crippen LogP contribution in [0.3, 0.4) is 0 Å². The fourth-order valence-electron chi connectivity index (χ4n) is 4.38. The molecular weight excluding hydrogens is 412 g/mol. The number of primary amides is 1. The predicted molar refractivity (Wildman–Crippen MR) is 119 cm³/mol. The third-order valence-electron chi connectivity index (χ3n) is 6.05. The van der Waals surface area contributed by atoms with Crippen LogP contribution < -0.4 is 21.1 Å². The van der Waals surface area contributed by atoms with Crippen molar-refractivity contribution in [2.45, 2.75) is 25.2 Å². The summed E-state index contributed by atoms with van der Waals surface area (Å²) >= 11 is 0. The Kier molecular flexibility index (Phi) is 4.86. The zero-order valence-electron chi connectivity index (χ0n) is 17.6. The molecule has 0 radical (unpaired) electrons. The number of amides is 1. The number of hydrogen-bond donors (Lipinski definition) is 3. The van der Waals surface area contributed by atoms with Gasteiger partial charge in [-0.25, -0.2) is 0 Å². The number of benzene rings is 1. The van der Waals surface area contributed by atoms with Crippen LogP contribution in [0, 0.1) is 0 Å². The first-order valence-corrected chi connectivity index (χ1v) is 10.4. The Bertz CT molecular complexity index is 1270. The molecule has 4 N–H and O–H groups in total. The Morgan fingerprint density at radius 3 is 2.75 bits per heavy atom. The highest BCUT2D eigenvalue weighted by atomic mass is 16.5. The molecule has 10 heteroatoms. The molecular formula is C22H24N6O4. The number of hydrogen-bond acceptors (Lipinski definition) is 7. The van der Waals surface area contributed by atoms with Gasteiger partial charge in [0, 0.05) is 43.4 Å². The number of ether oxygens (including phenoxy) is 1. The van der Waals surface area contributed by atoms with E-state index in [1.165, 1.54) is 12.3 Å². The van der Waals surface area contributed by atoms with Gasteiger partial charge in [0.25, 0.3) is 5.91 Å². The van der Waals surface area contributed by atoms with E-state index in [1.807, 2.05) is 19.2 Å². The molecule has 3 aromatic rings. The minimum Gasteiger partial charge on any atom is -0.471 e. The summed E-state index contributed by atoms with van der Waals surface area (Å²) in [4.78, 5) is 30.8. The maximum absolute atomic E-state index is 12.3. The Balaban J connectivity index is 1.69. The smallest absolute Gasteiger partial charge is 0.268 e. The van der Waals surface area contributed by atoms with Crippen LogP contribution in [0.15, 0.2) is 53.4 Å². The van der Waals surface area contributed by atoms with Gasteiger partial charge in [-0.1, -0.05) is 0 Å². The van der Waals surface area contributed by atoms with Crippen LogP contribution in [0.2, 0.25) is 0 Å².